The van der Waals surface area contributed by atoms with Crippen LogP contribution < -0.4 is 0 Å². The van der Waals surface area contributed by atoms with Crippen LogP contribution in [0.4, 0.5) is 9.59 Å². The third-order valence-electron chi connectivity index (χ3n) is 4.80. The summed E-state index contributed by atoms with van der Waals surface area (Å²) in [6.07, 6.45) is -2.44. The van der Waals surface area contributed by atoms with Gasteiger partial charge in [0.2, 0.25) is 0 Å². The Morgan fingerprint density at radius 3 is 1.88 bits per heavy atom. The lowest BCUT2D eigenvalue weighted by atomic mass is 9.73. The summed E-state index contributed by atoms with van der Waals surface area (Å²) >= 11 is 0. The van der Waals surface area contributed by atoms with Crippen molar-refractivity contribution in [3.8, 4) is 0 Å². The van der Waals surface area contributed by atoms with Crippen molar-refractivity contribution in [1.29, 1.82) is 0 Å². The fourth-order valence-electron chi connectivity index (χ4n) is 3.73. The van der Waals surface area contributed by atoms with E-state index >= 15 is 0 Å². The molecule has 2 amide bonds. The monoisotopic (exact) mass is 372 g/mol. The third-order valence-corrected chi connectivity index (χ3v) is 4.80. The fourth-order valence-corrected chi connectivity index (χ4v) is 3.73. The summed E-state index contributed by atoms with van der Waals surface area (Å²) < 4.78 is 5.00. The van der Waals surface area contributed by atoms with Crippen molar-refractivity contribution in [2.75, 3.05) is 13.2 Å². The first kappa shape index (κ1) is 22.1. The van der Waals surface area contributed by atoms with Gasteiger partial charge in [-0.15, -0.1) is 0 Å². The lowest BCUT2D eigenvalue weighted by Crippen LogP contribution is -2.71. The number of esters is 1. The van der Waals surface area contributed by atoms with Gasteiger partial charge in [0, 0.05) is 6.54 Å². The standard InChI is InChI=1S/C18H32N2O6/c1-8-26-13(21)9-11-14(18(5,6)7)20(16(24)25)12(17(2,3)4)10-19(11)15(22)23/h11-12,14H,8-10H2,1-7H3,(H,22,23)(H,24,25). The highest BCUT2D eigenvalue weighted by Gasteiger charge is 2.53. The van der Waals surface area contributed by atoms with Gasteiger partial charge in [-0.1, -0.05) is 41.5 Å². The Morgan fingerprint density at radius 2 is 1.54 bits per heavy atom. The molecule has 3 unspecified atom stereocenters. The second-order valence-corrected chi connectivity index (χ2v) is 8.89. The summed E-state index contributed by atoms with van der Waals surface area (Å²) in [6, 6.07) is -2.02. The summed E-state index contributed by atoms with van der Waals surface area (Å²) in [4.78, 5) is 38.7. The number of piperazine rings is 1. The molecule has 1 aliphatic heterocycles. The zero-order valence-electron chi connectivity index (χ0n) is 16.8. The van der Waals surface area contributed by atoms with Gasteiger partial charge in [0.15, 0.2) is 0 Å². The maximum atomic E-state index is 12.1. The topological polar surface area (TPSA) is 107 Å². The van der Waals surface area contributed by atoms with E-state index in [0.717, 1.165) is 0 Å². The Bertz CT molecular complexity index is 549. The van der Waals surface area contributed by atoms with Crippen molar-refractivity contribution in [2.45, 2.75) is 73.0 Å². The van der Waals surface area contributed by atoms with Crippen LogP contribution in [-0.4, -0.2) is 69.4 Å². The van der Waals surface area contributed by atoms with E-state index in [1.165, 1.54) is 9.80 Å². The van der Waals surface area contributed by atoms with Crippen LogP contribution in [-0.2, 0) is 9.53 Å². The minimum atomic E-state index is -1.16. The molecule has 8 heteroatoms. The number of hydrogen-bond donors (Lipinski definition) is 2. The minimum Gasteiger partial charge on any atom is -0.466 e. The van der Waals surface area contributed by atoms with Crippen molar-refractivity contribution in [2.24, 2.45) is 10.8 Å². The van der Waals surface area contributed by atoms with E-state index in [1.807, 2.05) is 41.5 Å². The Labute approximate surface area is 155 Å². The molecule has 0 aliphatic carbocycles. The lowest BCUT2D eigenvalue weighted by molar-refractivity contribution is -0.147. The number of ether oxygens (including phenoxy) is 1. The summed E-state index contributed by atoms with van der Waals surface area (Å²) in [5, 5.41) is 19.7. The van der Waals surface area contributed by atoms with E-state index in [9.17, 15) is 24.6 Å². The van der Waals surface area contributed by atoms with Crippen LogP contribution in [0.5, 0.6) is 0 Å². The highest BCUT2D eigenvalue weighted by molar-refractivity contribution is 5.74. The predicted octanol–water partition coefficient (Wildman–Crippen LogP) is 3.11. The molecular weight excluding hydrogens is 340 g/mol. The van der Waals surface area contributed by atoms with Gasteiger partial charge in [-0.2, -0.15) is 0 Å². The second-order valence-electron chi connectivity index (χ2n) is 8.89. The molecule has 0 aromatic rings. The molecule has 26 heavy (non-hydrogen) atoms. The Morgan fingerprint density at radius 1 is 1.00 bits per heavy atom. The Balaban J connectivity index is 3.49. The lowest BCUT2D eigenvalue weighted by Gasteiger charge is -2.56. The van der Waals surface area contributed by atoms with Crippen molar-refractivity contribution in [1.82, 2.24) is 9.80 Å². The zero-order chi connectivity index (χ0) is 20.4. The number of carbonyl (C=O) groups is 3. The van der Waals surface area contributed by atoms with Crippen molar-refractivity contribution in [3.05, 3.63) is 0 Å². The molecule has 0 aromatic heterocycles. The number of carbonyl (C=O) groups excluding carboxylic acids is 1. The van der Waals surface area contributed by atoms with Gasteiger partial charge in [-0.05, 0) is 17.8 Å². The van der Waals surface area contributed by atoms with Gasteiger partial charge in [0.25, 0.3) is 0 Å². The first-order valence-electron chi connectivity index (χ1n) is 8.88. The molecule has 1 fully saturated rings. The second kappa shape index (κ2) is 7.72. The van der Waals surface area contributed by atoms with Gasteiger partial charge >= 0.3 is 18.2 Å². The molecule has 8 nitrogen and oxygen atoms in total. The highest BCUT2D eigenvalue weighted by atomic mass is 16.5. The average Bonchev–Trinajstić information content (AvgIpc) is 2.43. The van der Waals surface area contributed by atoms with Gasteiger partial charge < -0.3 is 19.8 Å². The molecule has 1 rings (SSSR count). The summed E-state index contributed by atoms with van der Waals surface area (Å²) in [5.74, 6) is -0.530. The number of amides is 2. The first-order chi connectivity index (χ1) is 11.7. The van der Waals surface area contributed by atoms with Crippen LogP contribution in [0.25, 0.3) is 0 Å². The van der Waals surface area contributed by atoms with E-state index < -0.39 is 47.1 Å². The van der Waals surface area contributed by atoms with Crippen molar-refractivity contribution < 1.29 is 29.3 Å². The number of nitrogens with zero attached hydrogens (tertiary/aromatic N) is 2. The quantitative estimate of drug-likeness (QED) is 0.737. The molecule has 0 radical (unpaired) electrons. The molecule has 3 atom stereocenters. The van der Waals surface area contributed by atoms with Crippen molar-refractivity contribution in [3.63, 3.8) is 0 Å². The summed E-state index contributed by atoms with van der Waals surface area (Å²) in [7, 11) is 0. The number of rotatable bonds is 3. The Kier molecular flexibility index (Phi) is 6.54. The first-order valence-corrected chi connectivity index (χ1v) is 8.88. The van der Waals surface area contributed by atoms with Gasteiger partial charge in [0.05, 0.1) is 31.2 Å². The van der Waals surface area contributed by atoms with E-state index in [0.29, 0.717) is 0 Å². The van der Waals surface area contributed by atoms with Crippen LogP contribution in [0.2, 0.25) is 0 Å². The van der Waals surface area contributed by atoms with Crippen LogP contribution in [0.1, 0.15) is 54.9 Å². The zero-order valence-corrected chi connectivity index (χ0v) is 16.8. The average molecular weight is 372 g/mol. The predicted molar refractivity (Wildman–Crippen MR) is 96.1 cm³/mol. The van der Waals surface area contributed by atoms with Crippen LogP contribution in [0, 0.1) is 10.8 Å². The fraction of sp³-hybridized carbons (Fsp3) is 0.833. The van der Waals surface area contributed by atoms with Crippen molar-refractivity contribution >= 4 is 18.2 Å². The molecule has 1 heterocycles. The highest BCUT2D eigenvalue weighted by Crippen LogP contribution is 2.40. The smallest absolute Gasteiger partial charge is 0.407 e. The summed E-state index contributed by atoms with van der Waals surface area (Å²) in [5.41, 5.74) is -1.04. The van der Waals surface area contributed by atoms with Crippen LogP contribution in [0.3, 0.4) is 0 Å². The molecule has 0 aromatic carbocycles. The molecule has 1 saturated heterocycles. The Hall–Kier alpha value is -1.99. The van der Waals surface area contributed by atoms with E-state index in [4.69, 9.17) is 4.74 Å². The summed E-state index contributed by atoms with van der Waals surface area (Å²) in [6.45, 7) is 13.1. The van der Waals surface area contributed by atoms with Gasteiger partial charge in [-0.25, -0.2) is 9.59 Å². The minimum absolute atomic E-state index is 0.0157. The molecule has 0 bridgehead atoms. The van der Waals surface area contributed by atoms with E-state index in [-0.39, 0.29) is 19.6 Å². The third kappa shape index (κ3) is 4.80. The van der Waals surface area contributed by atoms with E-state index in [1.54, 1.807) is 6.92 Å². The normalized spacial score (nSPS) is 24.3. The van der Waals surface area contributed by atoms with Gasteiger partial charge in [-0.3, -0.25) is 9.69 Å². The molecule has 0 spiro atoms. The molecule has 1 aliphatic rings. The maximum absolute atomic E-state index is 12.1. The number of carboxylic acid groups (broad SMARTS) is 2. The van der Waals surface area contributed by atoms with E-state index in [2.05, 4.69) is 0 Å². The number of hydrogen-bond acceptors (Lipinski definition) is 4. The van der Waals surface area contributed by atoms with Crippen LogP contribution in [0.15, 0.2) is 0 Å². The molecular formula is C18H32N2O6. The maximum Gasteiger partial charge on any atom is 0.407 e. The largest absolute Gasteiger partial charge is 0.466 e. The molecule has 0 saturated carbocycles. The molecule has 150 valence electrons. The SMILES string of the molecule is CCOC(=O)CC1C(C(C)(C)C)N(C(=O)O)C(C(C)(C)C)CN1C(=O)O. The van der Waals surface area contributed by atoms with Crippen LogP contribution >= 0.6 is 0 Å². The van der Waals surface area contributed by atoms with Gasteiger partial charge in [0.1, 0.15) is 0 Å². The molecule has 2 N–H and O–H groups in total.